The van der Waals surface area contributed by atoms with Crippen molar-refractivity contribution >= 4 is 23.9 Å². The first-order valence-corrected chi connectivity index (χ1v) is 5.17. The number of benzene rings is 1. The molecule has 0 unspecified atom stereocenters. The fraction of sp³-hybridized carbons (Fsp3) is 0. The lowest BCUT2D eigenvalue weighted by Crippen LogP contribution is -2.36. The summed E-state index contributed by atoms with van der Waals surface area (Å²) in [4.78, 5) is 0. The molecule has 0 radical (unpaired) electrons. The van der Waals surface area contributed by atoms with Crippen LogP contribution in [0.2, 0.25) is 0 Å². The Labute approximate surface area is 86.9 Å². The van der Waals surface area contributed by atoms with Gasteiger partial charge in [0.25, 0.3) is 0 Å². The number of hydrogen-bond acceptors (Lipinski definition) is 3. The molecule has 0 aliphatic heterocycles. The summed E-state index contributed by atoms with van der Waals surface area (Å²) in [6.07, 6.45) is 0. The number of hydrogen-bond donors (Lipinski definition) is 1. The third kappa shape index (κ3) is 2.16. The van der Waals surface area contributed by atoms with Crippen LogP contribution in [0, 0.1) is 0 Å². The largest absolute Gasteiger partial charge is 0.560 e. The minimum absolute atomic E-state index is 0.723. The van der Waals surface area contributed by atoms with Crippen LogP contribution < -0.4 is 10.1 Å². The monoisotopic (exact) mass is 204 g/mol. The number of thiophene rings is 1. The average Bonchev–Trinajstić information content (AvgIpc) is 2.72. The van der Waals surface area contributed by atoms with Gasteiger partial charge in [-0.25, -0.2) is 0 Å². The summed E-state index contributed by atoms with van der Waals surface area (Å²) in [5, 5.41) is 12.3. The lowest BCUT2D eigenvalue weighted by Gasteiger charge is -2.06. The summed E-state index contributed by atoms with van der Waals surface area (Å²) in [6, 6.07) is 13.0. The van der Waals surface area contributed by atoms with Crippen LogP contribution in [-0.4, -0.2) is 12.1 Å². The predicted molar refractivity (Wildman–Crippen MR) is 59.0 cm³/mol. The first kappa shape index (κ1) is 9.31. The van der Waals surface area contributed by atoms with Gasteiger partial charge < -0.3 is 9.68 Å². The molecule has 1 aromatic carbocycles. The van der Waals surface area contributed by atoms with Crippen LogP contribution in [0.25, 0.3) is 0 Å². The molecule has 0 saturated heterocycles. The second kappa shape index (κ2) is 4.31. The Kier molecular flexibility index (Phi) is 2.86. The van der Waals surface area contributed by atoms with Crippen molar-refractivity contribution in [1.29, 1.82) is 0 Å². The zero-order valence-electron chi connectivity index (χ0n) is 7.46. The van der Waals surface area contributed by atoms with Gasteiger partial charge in [0, 0.05) is 0 Å². The Morgan fingerprint density at radius 3 is 2.50 bits per heavy atom. The molecule has 1 N–H and O–H groups in total. The highest BCUT2D eigenvalue weighted by molar-refractivity contribution is 7.12. The second-order valence-electron chi connectivity index (χ2n) is 2.81. The highest BCUT2D eigenvalue weighted by atomic mass is 32.1. The van der Waals surface area contributed by atoms with Gasteiger partial charge in [-0.1, -0.05) is 30.3 Å². The van der Waals surface area contributed by atoms with Gasteiger partial charge in [-0.15, -0.1) is 11.3 Å². The second-order valence-corrected chi connectivity index (χ2v) is 3.72. The molecule has 0 bridgehead atoms. The average molecular weight is 204 g/mol. The van der Waals surface area contributed by atoms with Crippen LogP contribution in [0.3, 0.4) is 0 Å². The van der Waals surface area contributed by atoms with Gasteiger partial charge in [-0.3, -0.25) is 0 Å². The molecule has 0 aliphatic rings. The van der Waals surface area contributed by atoms with Crippen LogP contribution in [0.15, 0.2) is 47.8 Å². The lowest BCUT2D eigenvalue weighted by molar-refractivity contribution is 0.439. The Hall–Kier alpha value is -1.26. The smallest absolute Gasteiger partial charge is 0.525 e. The van der Waals surface area contributed by atoms with Crippen molar-refractivity contribution in [2.75, 3.05) is 0 Å². The van der Waals surface area contributed by atoms with E-state index < -0.39 is 7.12 Å². The molecular weight excluding hydrogens is 195 g/mol. The van der Waals surface area contributed by atoms with Gasteiger partial charge in [-0.2, -0.15) is 0 Å². The van der Waals surface area contributed by atoms with Crippen LogP contribution in [0.5, 0.6) is 5.06 Å². The Bertz CT molecular complexity index is 374. The van der Waals surface area contributed by atoms with E-state index in [4.69, 9.17) is 4.65 Å². The third-order valence-electron chi connectivity index (χ3n) is 1.81. The molecule has 1 heterocycles. The van der Waals surface area contributed by atoms with Crippen molar-refractivity contribution in [3.8, 4) is 5.06 Å². The molecule has 0 amide bonds. The summed E-state index contributed by atoms with van der Waals surface area (Å²) in [6.45, 7) is 0. The third-order valence-corrected chi connectivity index (χ3v) is 2.57. The first-order valence-electron chi connectivity index (χ1n) is 4.29. The van der Waals surface area contributed by atoms with Crippen molar-refractivity contribution in [3.05, 3.63) is 47.8 Å². The zero-order chi connectivity index (χ0) is 9.80. The molecule has 2 rings (SSSR count). The molecule has 0 fully saturated rings. The Morgan fingerprint density at radius 1 is 1.07 bits per heavy atom. The van der Waals surface area contributed by atoms with Crippen LogP contribution in [-0.2, 0) is 0 Å². The molecule has 0 aliphatic carbocycles. The van der Waals surface area contributed by atoms with E-state index in [1.165, 1.54) is 11.3 Å². The van der Waals surface area contributed by atoms with E-state index in [9.17, 15) is 5.02 Å². The molecule has 1 aromatic heterocycles. The van der Waals surface area contributed by atoms with Crippen molar-refractivity contribution < 1.29 is 9.68 Å². The molecular formula is C10H9BO2S. The highest BCUT2D eigenvalue weighted by Crippen LogP contribution is 2.18. The Morgan fingerprint density at radius 2 is 1.86 bits per heavy atom. The molecule has 4 heteroatoms. The maximum absolute atomic E-state index is 9.68. The normalized spacial score (nSPS) is 9.79. The van der Waals surface area contributed by atoms with Gasteiger partial charge in [0.2, 0.25) is 0 Å². The molecule has 14 heavy (non-hydrogen) atoms. The first-order chi connectivity index (χ1) is 6.86. The van der Waals surface area contributed by atoms with E-state index >= 15 is 0 Å². The van der Waals surface area contributed by atoms with E-state index in [0.717, 1.165) is 10.5 Å². The van der Waals surface area contributed by atoms with Crippen LogP contribution in [0.4, 0.5) is 0 Å². The van der Waals surface area contributed by atoms with Gasteiger partial charge in [-0.05, 0) is 23.0 Å². The SMILES string of the molecule is OB(Oc1cccs1)c1ccccc1. The van der Waals surface area contributed by atoms with E-state index in [0.29, 0.717) is 0 Å². The fourth-order valence-corrected chi connectivity index (χ4v) is 1.72. The highest BCUT2D eigenvalue weighted by Gasteiger charge is 2.18. The van der Waals surface area contributed by atoms with E-state index in [-0.39, 0.29) is 0 Å². The van der Waals surface area contributed by atoms with E-state index in [2.05, 4.69) is 0 Å². The summed E-state index contributed by atoms with van der Waals surface area (Å²) in [5.41, 5.74) is 0.765. The van der Waals surface area contributed by atoms with Gasteiger partial charge in [0.05, 0.1) is 0 Å². The molecule has 0 spiro atoms. The van der Waals surface area contributed by atoms with Crippen molar-refractivity contribution in [1.82, 2.24) is 0 Å². The minimum atomic E-state index is -0.880. The minimum Gasteiger partial charge on any atom is -0.525 e. The summed E-state index contributed by atoms with van der Waals surface area (Å²) < 4.78 is 5.31. The molecule has 0 atom stereocenters. The predicted octanol–water partition coefficient (Wildman–Crippen LogP) is 1.51. The van der Waals surface area contributed by atoms with Crippen molar-refractivity contribution in [2.45, 2.75) is 0 Å². The zero-order valence-corrected chi connectivity index (χ0v) is 8.28. The van der Waals surface area contributed by atoms with Crippen molar-refractivity contribution in [3.63, 3.8) is 0 Å². The van der Waals surface area contributed by atoms with Crippen molar-refractivity contribution in [2.24, 2.45) is 0 Å². The molecule has 2 nitrogen and oxygen atoms in total. The van der Waals surface area contributed by atoms with E-state index in [1.54, 1.807) is 0 Å². The summed E-state index contributed by atoms with van der Waals surface area (Å²) in [7, 11) is -0.880. The molecule has 0 saturated carbocycles. The standard InChI is InChI=1S/C10H9BO2S/c12-11(9-5-2-1-3-6-9)13-10-7-4-8-14-10/h1-8,12H. The topological polar surface area (TPSA) is 29.5 Å². The lowest BCUT2D eigenvalue weighted by atomic mass is 9.80. The molecule has 2 aromatic rings. The number of rotatable bonds is 3. The summed E-state index contributed by atoms with van der Waals surface area (Å²) >= 11 is 1.46. The van der Waals surface area contributed by atoms with Gasteiger partial charge >= 0.3 is 7.12 Å². The Balaban J connectivity index is 2.07. The maximum atomic E-state index is 9.68. The van der Waals surface area contributed by atoms with Crippen LogP contribution in [0.1, 0.15) is 0 Å². The molecule has 70 valence electrons. The van der Waals surface area contributed by atoms with E-state index in [1.807, 2.05) is 47.8 Å². The van der Waals surface area contributed by atoms with Crippen LogP contribution >= 0.6 is 11.3 Å². The van der Waals surface area contributed by atoms with Gasteiger partial charge in [0.15, 0.2) is 5.06 Å². The maximum Gasteiger partial charge on any atom is 0.560 e. The van der Waals surface area contributed by atoms with Gasteiger partial charge in [0.1, 0.15) is 0 Å². The summed E-state index contributed by atoms with van der Waals surface area (Å²) in [5.74, 6) is 0. The quantitative estimate of drug-likeness (QED) is 0.768. The fourth-order valence-electron chi connectivity index (χ4n) is 1.13.